The van der Waals surface area contributed by atoms with E-state index < -0.39 is 30.3 Å². The molecule has 440 valence electrons. The van der Waals surface area contributed by atoms with Crippen molar-refractivity contribution in [3.05, 3.63) is 182 Å². The van der Waals surface area contributed by atoms with Gasteiger partial charge in [0.2, 0.25) is 0 Å². The summed E-state index contributed by atoms with van der Waals surface area (Å²) in [7, 11) is 5.93. The minimum atomic E-state index is -1.54. The molecule has 0 aliphatic carbocycles. The summed E-state index contributed by atoms with van der Waals surface area (Å²) in [5.41, 5.74) is 0. The molecule has 0 aromatic rings. The average molecular weight is 1090 g/mol. The first-order chi connectivity index (χ1) is 38.6. The number of aliphatic carboxylic acids is 1. The molecule has 0 aliphatic heterocycles. The molecular formula is C70H108NO8+. The smallest absolute Gasteiger partial charge is 0.361 e. The summed E-state index contributed by atoms with van der Waals surface area (Å²) in [6.45, 7) is 4.54. The number of carbonyl (C=O) groups excluding carboxylic acids is 2. The van der Waals surface area contributed by atoms with Gasteiger partial charge >= 0.3 is 17.9 Å². The van der Waals surface area contributed by atoms with Gasteiger partial charge < -0.3 is 28.5 Å². The van der Waals surface area contributed by atoms with Crippen LogP contribution in [0.5, 0.6) is 0 Å². The van der Waals surface area contributed by atoms with Gasteiger partial charge in [0.15, 0.2) is 6.10 Å². The van der Waals surface area contributed by atoms with Crippen LogP contribution in [0.1, 0.15) is 181 Å². The number of rotatable bonds is 52. The Hall–Kier alpha value is -5.61. The fourth-order valence-corrected chi connectivity index (χ4v) is 7.12. The summed E-state index contributed by atoms with van der Waals surface area (Å²) >= 11 is 0. The van der Waals surface area contributed by atoms with Crippen molar-refractivity contribution in [3.63, 3.8) is 0 Å². The Morgan fingerprint density at radius 1 is 0.380 bits per heavy atom. The highest BCUT2D eigenvalue weighted by molar-refractivity contribution is 5.71. The predicted molar refractivity (Wildman–Crippen MR) is 336 cm³/mol. The quantitative estimate of drug-likeness (QED) is 0.0211. The highest BCUT2D eigenvalue weighted by Gasteiger charge is 2.25. The number of esters is 2. The molecule has 0 aliphatic rings. The van der Waals surface area contributed by atoms with Crippen LogP contribution in [0, 0.1) is 0 Å². The van der Waals surface area contributed by atoms with Gasteiger partial charge in [0, 0.05) is 12.8 Å². The normalized spacial score (nSPS) is 14.1. The molecule has 0 radical (unpaired) electrons. The Morgan fingerprint density at radius 3 is 1.01 bits per heavy atom. The monoisotopic (exact) mass is 1090 g/mol. The van der Waals surface area contributed by atoms with Gasteiger partial charge in [-0.3, -0.25) is 9.59 Å². The van der Waals surface area contributed by atoms with E-state index in [4.69, 9.17) is 18.9 Å². The molecule has 0 heterocycles. The fourth-order valence-electron chi connectivity index (χ4n) is 7.12. The Kier molecular flexibility index (Phi) is 54.4. The number of likely N-dealkylation sites (N-methyl/N-ethyl adjacent to an activating group) is 1. The lowest BCUT2D eigenvalue weighted by molar-refractivity contribution is -0.870. The maximum absolute atomic E-state index is 12.9. The molecule has 2 unspecified atom stereocenters. The molecule has 0 aromatic carbocycles. The van der Waals surface area contributed by atoms with Crippen molar-refractivity contribution in [1.29, 1.82) is 0 Å². The van der Waals surface area contributed by atoms with Crippen molar-refractivity contribution in [1.82, 2.24) is 0 Å². The summed E-state index contributed by atoms with van der Waals surface area (Å²) in [5.74, 6) is -2.11. The number of unbranched alkanes of at least 4 members (excludes halogenated alkanes) is 7. The highest BCUT2D eigenvalue weighted by Crippen LogP contribution is 2.12. The van der Waals surface area contributed by atoms with E-state index >= 15 is 0 Å². The zero-order valence-corrected chi connectivity index (χ0v) is 49.9. The molecule has 79 heavy (non-hydrogen) atoms. The lowest BCUT2D eigenvalue weighted by Crippen LogP contribution is -2.40. The lowest BCUT2D eigenvalue weighted by atomic mass is 10.1. The minimum absolute atomic E-state index is 0.164. The number of quaternary nitrogens is 1. The molecule has 2 atom stereocenters. The Labute approximate surface area is 481 Å². The third kappa shape index (κ3) is 59.9. The second-order valence-electron chi connectivity index (χ2n) is 20.2. The summed E-state index contributed by atoms with van der Waals surface area (Å²) in [6, 6.07) is 0. The fraction of sp³-hybridized carbons (Fsp3) is 0.529. The molecule has 0 bridgehead atoms. The van der Waals surface area contributed by atoms with Crippen LogP contribution in [0.4, 0.5) is 0 Å². The van der Waals surface area contributed by atoms with Gasteiger partial charge in [-0.15, -0.1) is 0 Å². The third-order valence-electron chi connectivity index (χ3n) is 11.7. The number of hydrogen-bond donors (Lipinski definition) is 1. The van der Waals surface area contributed by atoms with Crippen LogP contribution in [0.15, 0.2) is 182 Å². The molecule has 0 aromatic heterocycles. The van der Waals surface area contributed by atoms with Crippen molar-refractivity contribution >= 4 is 17.9 Å². The van der Waals surface area contributed by atoms with E-state index in [1.165, 1.54) is 0 Å². The van der Waals surface area contributed by atoms with Gasteiger partial charge in [-0.25, -0.2) is 4.79 Å². The molecule has 0 fully saturated rings. The van der Waals surface area contributed by atoms with E-state index in [1.54, 1.807) is 0 Å². The number of carboxylic acids is 1. The first-order valence-electron chi connectivity index (χ1n) is 29.9. The van der Waals surface area contributed by atoms with Gasteiger partial charge in [0.1, 0.15) is 13.2 Å². The van der Waals surface area contributed by atoms with E-state index in [1.807, 2.05) is 21.1 Å². The van der Waals surface area contributed by atoms with Crippen LogP contribution in [-0.4, -0.2) is 87.4 Å². The molecule has 9 nitrogen and oxygen atoms in total. The zero-order chi connectivity index (χ0) is 57.6. The standard InChI is InChI=1S/C70H107NO8/c1-6-8-10-12-14-16-18-20-22-24-26-28-30-32-33-34-35-37-39-41-43-45-47-49-51-53-55-57-59-61-68(73)79-66(65-78-70(69(74)75)76-63-62-71(3,4)5)64-77-67(72)60-58-56-54-52-50-48-46-44-42-40-38-36-31-29-27-25-23-21-19-17-15-13-11-9-7-2/h8-11,14-17,20-23,26-29,32-33,35-38,41-44,47-50,66,70H,6-7,12-13,18-19,24-25,30-31,34,39-40,45-46,51-65H2,1-5H3/p+1/b10-8-,11-9-,16-14-,17-15-,22-20-,23-21-,28-26-,29-27-,33-32-,37-35-,38-36-,43-41-,44-42-,49-47-,50-48-. The number of ether oxygens (including phenoxy) is 4. The highest BCUT2D eigenvalue weighted by atomic mass is 16.7. The average Bonchev–Trinajstić information content (AvgIpc) is 3.42. The van der Waals surface area contributed by atoms with Crippen LogP contribution in [0.3, 0.4) is 0 Å². The molecule has 0 spiro atoms. The van der Waals surface area contributed by atoms with Crippen molar-refractivity contribution < 1.29 is 42.9 Å². The van der Waals surface area contributed by atoms with Gasteiger partial charge in [-0.2, -0.15) is 0 Å². The number of hydrogen-bond acceptors (Lipinski definition) is 7. The summed E-state index contributed by atoms with van der Waals surface area (Å²) < 4.78 is 22.8. The molecule has 0 amide bonds. The summed E-state index contributed by atoms with van der Waals surface area (Å²) in [4.78, 5) is 37.5. The van der Waals surface area contributed by atoms with E-state index in [-0.39, 0.29) is 32.7 Å². The second-order valence-corrected chi connectivity index (χ2v) is 20.2. The number of nitrogens with zero attached hydrogens (tertiary/aromatic N) is 1. The first kappa shape index (κ1) is 73.4. The second kappa shape index (κ2) is 58.5. The van der Waals surface area contributed by atoms with Crippen molar-refractivity contribution in [3.8, 4) is 0 Å². The van der Waals surface area contributed by atoms with E-state index in [2.05, 4.69) is 196 Å². The van der Waals surface area contributed by atoms with Crippen LogP contribution >= 0.6 is 0 Å². The first-order valence-corrected chi connectivity index (χ1v) is 29.9. The summed E-state index contributed by atoms with van der Waals surface area (Å²) in [5, 5.41) is 9.71. The van der Waals surface area contributed by atoms with Gasteiger partial charge in [0.25, 0.3) is 6.29 Å². The van der Waals surface area contributed by atoms with Gasteiger partial charge in [-0.1, -0.05) is 215 Å². The van der Waals surface area contributed by atoms with E-state index in [9.17, 15) is 19.5 Å². The maximum atomic E-state index is 12.9. The molecule has 9 heteroatoms. The minimum Gasteiger partial charge on any atom is -0.477 e. The third-order valence-corrected chi connectivity index (χ3v) is 11.7. The number of carbonyl (C=O) groups is 3. The van der Waals surface area contributed by atoms with Crippen LogP contribution in [-0.2, 0) is 33.3 Å². The summed E-state index contributed by atoms with van der Waals surface area (Å²) in [6.07, 6.45) is 86.8. The lowest BCUT2D eigenvalue weighted by Gasteiger charge is -2.25. The Balaban J connectivity index is 4.43. The zero-order valence-electron chi connectivity index (χ0n) is 49.9. The Bertz CT molecular complexity index is 1940. The molecule has 0 saturated carbocycles. The predicted octanol–water partition coefficient (Wildman–Crippen LogP) is 18.1. The van der Waals surface area contributed by atoms with Crippen molar-refractivity contribution in [2.45, 2.75) is 193 Å². The van der Waals surface area contributed by atoms with Crippen LogP contribution in [0.25, 0.3) is 0 Å². The van der Waals surface area contributed by atoms with Crippen LogP contribution < -0.4 is 0 Å². The van der Waals surface area contributed by atoms with Crippen molar-refractivity contribution in [2.75, 3.05) is 47.5 Å². The molecule has 1 N–H and O–H groups in total. The Morgan fingerprint density at radius 2 is 0.684 bits per heavy atom. The number of allylic oxidation sites excluding steroid dienone is 30. The van der Waals surface area contributed by atoms with E-state index in [0.717, 1.165) is 141 Å². The SMILES string of the molecule is CC/C=C\C/C=C\C/C=C\C/C=C\C/C=C\C/C=C\C/C=C\C/C=C\CCCCCCC(=O)OC(COC(=O)CCCCC/C=C\C/C=C\C/C=C\C/C=C\C/C=C\C/C=C\C/C=C\CC)COC(OCC[N+](C)(C)C)C(=O)O. The van der Waals surface area contributed by atoms with Gasteiger partial charge in [-0.05, 0) is 135 Å². The largest absolute Gasteiger partial charge is 0.477 e. The molecular weight excluding hydrogens is 983 g/mol. The van der Waals surface area contributed by atoms with E-state index in [0.29, 0.717) is 23.9 Å². The van der Waals surface area contributed by atoms with Crippen LogP contribution in [0.2, 0.25) is 0 Å². The maximum Gasteiger partial charge on any atom is 0.361 e. The topological polar surface area (TPSA) is 108 Å². The molecule has 0 rings (SSSR count). The van der Waals surface area contributed by atoms with Gasteiger partial charge in [0.05, 0.1) is 34.4 Å². The number of carboxylic acid groups (broad SMARTS) is 1. The van der Waals surface area contributed by atoms with Crippen molar-refractivity contribution in [2.24, 2.45) is 0 Å². The molecule has 0 saturated heterocycles.